The number of nitriles is 1. The first kappa shape index (κ1) is 21.6. The Morgan fingerprint density at radius 1 is 1.09 bits per heavy atom. The Morgan fingerprint density at radius 2 is 1.81 bits per heavy atom. The van der Waals surface area contributed by atoms with Gasteiger partial charge in [-0.3, -0.25) is 19.5 Å². The second kappa shape index (κ2) is 8.83. The number of rotatable bonds is 3. The highest BCUT2D eigenvalue weighted by atomic mass is 16.2. The van der Waals surface area contributed by atoms with E-state index < -0.39 is 0 Å². The number of nitrogens with one attached hydrogen (secondary N) is 1. The van der Waals surface area contributed by atoms with Crippen LogP contribution in [-0.2, 0) is 7.05 Å². The van der Waals surface area contributed by atoms with Gasteiger partial charge in [0.1, 0.15) is 17.3 Å². The third-order valence-electron chi connectivity index (χ3n) is 6.01. The Hall–Kier alpha value is -3.66. The summed E-state index contributed by atoms with van der Waals surface area (Å²) in [7, 11) is 1.87. The zero-order valence-corrected chi connectivity index (χ0v) is 18.9. The molecule has 3 heterocycles. The summed E-state index contributed by atoms with van der Waals surface area (Å²) in [5.41, 5.74) is 4.76. The van der Waals surface area contributed by atoms with Crippen molar-refractivity contribution in [2.24, 2.45) is 7.05 Å². The molecule has 1 aliphatic heterocycles. The van der Waals surface area contributed by atoms with E-state index in [0.29, 0.717) is 11.1 Å². The van der Waals surface area contributed by atoms with E-state index in [0.717, 1.165) is 53.8 Å². The summed E-state index contributed by atoms with van der Waals surface area (Å²) in [6.45, 7) is 5.57. The van der Waals surface area contributed by atoms with Gasteiger partial charge < -0.3 is 4.90 Å². The van der Waals surface area contributed by atoms with E-state index in [2.05, 4.69) is 6.07 Å². The van der Waals surface area contributed by atoms with Crippen LogP contribution in [0.4, 0.5) is 0 Å². The van der Waals surface area contributed by atoms with Crippen molar-refractivity contribution in [3.05, 3.63) is 64.4 Å². The van der Waals surface area contributed by atoms with E-state index in [9.17, 15) is 10.1 Å². The molecule has 1 amide bonds. The van der Waals surface area contributed by atoms with Gasteiger partial charge in [-0.1, -0.05) is 12.8 Å². The van der Waals surface area contributed by atoms with Gasteiger partial charge in [-0.25, -0.2) is 0 Å². The minimum Gasteiger partial charge on any atom is -0.339 e. The Balaban J connectivity index is 1.81. The standard InChI is InChI=1S/C25H28N6O/c1-17(2)24(31-16-18(15-26)8-11-22(31)27)23-20-10-9-19(14-21(20)29(3)28-23)25(32)30-12-6-4-5-7-13-30/h8-11,14,16,27H,4-7,12-13H2,1-3H3. The molecule has 32 heavy (non-hydrogen) atoms. The number of pyridine rings is 1. The first-order valence-corrected chi connectivity index (χ1v) is 11.0. The number of benzene rings is 1. The van der Waals surface area contributed by atoms with Crippen molar-refractivity contribution in [3.63, 3.8) is 0 Å². The Bertz CT molecular complexity index is 1310. The number of allylic oxidation sites excluding steroid dienone is 1. The fourth-order valence-corrected chi connectivity index (χ4v) is 4.37. The maximum Gasteiger partial charge on any atom is 0.253 e. The SMILES string of the molecule is CC(C)=C(c1nn(C)c2cc(C(=O)N3CCCCCC3)ccc12)n1cc(C#N)ccc1=N. The fraction of sp³-hybridized carbons (Fsp3) is 0.360. The second-order valence-corrected chi connectivity index (χ2v) is 8.54. The van der Waals surface area contributed by atoms with Crippen LogP contribution < -0.4 is 5.49 Å². The van der Waals surface area contributed by atoms with Gasteiger partial charge in [0.05, 0.1) is 16.8 Å². The molecule has 7 nitrogen and oxygen atoms in total. The van der Waals surface area contributed by atoms with Crippen LogP contribution in [0.1, 0.15) is 61.1 Å². The van der Waals surface area contributed by atoms with Gasteiger partial charge in [0.15, 0.2) is 0 Å². The molecule has 1 aromatic carbocycles. The summed E-state index contributed by atoms with van der Waals surface area (Å²) in [5.74, 6) is 0.0727. The summed E-state index contributed by atoms with van der Waals surface area (Å²) in [6.07, 6.45) is 6.15. The van der Waals surface area contributed by atoms with E-state index in [1.54, 1.807) is 27.6 Å². The number of hydrogen-bond acceptors (Lipinski definition) is 4. The molecule has 0 aliphatic carbocycles. The van der Waals surface area contributed by atoms with Gasteiger partial charge in [0.2, 0.25) is 0 Å². The predicted octanol–water partition coefficient (Wildman–Crippen LogP) is 4.04. The van der Waals surface area contributed by atoms with Crippen LogP contribution in [0.2, 0.25) is 0 Å². The van der Waals surface area contributed by atoms with Crippen molar-refractivity contribution < 1.29 is 4.79 Å². The third-order valence-corrected chi connectivity index (χ3v) is 6.01. The lowest BCUT2D eigenvalue weighted by atomic mass is 10.1. The lowest BCUT2D eigenvalue weighted by molar-refractivity contribution is 0.0762. The van der Waals surface area contributed by atoms with Crippen LogP contribution in [0.3, 0.4) is 0 Å². The zero-order chi connectivity index (χ0) is 22.8. The molecular formula is C25H28N6O. The van der Waals surface area contributed by atoms with Gasteiger partial charge in [0, 0.05) is 37.3 Å². The van der Waals surface area contributed by atoms with Crippen molar-refractivity contribution in [1.82, 2.24) is 19.2 Å². The highest BCUT2D eigenvalue weighted by Crippen LogP contribution is 2.28. The highest BCUT2D eigenvalue weighted by molar-refractivity contribution is 6.00. The molecule has 0 bridgehead atoms. The lowest BCUT2D eigenvalue weighted by Crippen LogP contribution is -2.31. The van der Waals surface area contributed by atoms with Crippen molar-refractivity contribution in [2.45, 2.75) is 39.5 Å². The van der Waals surface area contributed by atoms with E-state index in [1.165, 1.54) is 12.8 Å². The second-order valence-electron chi connectivity index (χ2n) is 8.54. The quantitative estimate of drug-likeness (QED) is 0.682. The number of hydrogen-bond donors (Lipinski definition) is 1. The first-order chi connectivity index (χ1) is 15.4. The van der Waals surface area contributed by atoms with E-state index in [-0.39, 0.29) is 11.4 Å². The molecule has 0 spiro atoms. The molecule has 0 radical (unpaired) electrons. The molecule has 0 atom stereocenters. The van der Waals surface area contributed by atoms with Crippen LogP contribution >= 0.6 is 0 Å². The molecule has 7 heteroatoms. The van der Waals surface area contributed by atoms with Gasteiger partial charge >= 0.3 is 0 Å². The van der Waals surface area contributed by atoms with Gasteiger partial charge in [-0.05, 0) is 62.6 Å². The predicted molar refractivity (Wildman–Crippen MR) is 124 cm³/mol. The van der Waals surface area contributed by atoms with Gasteiger partial charge in [-0.15, -0.1) is 0 Å². The van der Waals surface area contributed by atoms with E-state index >= 15 is 0 Å². The van der Waals surface area contributed by atoms with Crippen LogP contribution in [0.15, 0.2) is 42.1 Å². The summed E-state index contributed by atoms with van der Waals surface area (Å²) in [6, 6.07) is 11.1. The molecule has 3 aromatic rings. The Kier molecular flexibility index (Phi) is 5.95. The monoisotopic (exact) mass is 428 g/mol. The summed E-state index contributed by atoms with van der Waals surface area (Å²) >= 11 is 0. The van der Waals surface area contributed by atoms with Gasteiger partial charge in [-0.2, -0.15) is 10.4 Å². The van der Waals surface area contributed by atoms with Crippen LogP contribution in [0.25, 0.3) is 16.6 Å². The molecule has 164 valence electrons. The number of amides is 1. The maximum atomic E-state index is 13.1. The van der Waals surface area contributed by atoms with Crippen molar-refractivity contribution in [2.75, 3.05) is 13.1 Å². The first-order valence-electron chi connectivity index (χ1n) is 11.0. The molecule has 4 rings (SSSR count). The van der Waals surface area contributed by atoms with Crippen LogP contribution in [0, 0.1) is 16.7 Å². The number of likely N-dealkylation sites (tertiary alicyclic amines) is 1. The Labute approximate surface area is 187 Å². The molecule has 0 unspecified atom stereocenters. The van der Waals surface area contributed by atoms with E-state index in [1.807, 2.05) is 44.0 Å². The topological polar surface area (TPSA) is 90.7 Å². The smallest absolute Gasteiger partial charge is 0.253 e. The summed E-state index contributed by atoms with van der Waals surface area (Å²) < 4.78 is 3.48. The van der Waals surface area contributed by atoms with Crippen LogP contribution in [0.5, 0.6) is 0 Å². The largest absolute Gasteiger partial charge is 0.339 e. The van der Waals surface area contributed by atoms with Crippen LogP contribution in [-0.4, -0.2) is 38.2 Å². The molecule has 1 fully saturated rings. The number of aryl methyl sites for hydroxylation is 1. The molecule has 2 aromatic heterocycles. The van der Waals surface area contributed by atoms with Crippen molar-refractivity contribution in [1.29, 1.82) is 10.7 Å². The van der Waals surface area contributed by atoms with Crippen molar-refractivity contribution in [3.8, 4) is 6.07 Å². The molecule has 1 N–H and O–H groups in total. The average molecular weight is 429 g/mol. The number of nitrogens with zero attached hydrogens (tertiary/aromatic N) is 5. The minimum atomic E-state index is 0.0727. The van der Waals surface area contributed by atoms with Crippen molar-refractivity contribution >= 4 is 22.5 Å². The summed E-state index contributed by atoms with van der Waals surface area (Å²) in [4.78, 5) is 15.1. The molecule has 0 saturated carbocycles. The number of aromatic nitrogens is 3. The maximum absolute atomic E-state index is 13.1. The number of carbonyl (C=O) groups excluding carboxylic acids is 1. The third kappa shape index (κ3) is 3.96. The molecule has 1 aliphatic rings. The molecule has 1 saturated heterocycles. The average Bonchev–Trinajstić information content (AvgIpc) is 2.96. The normalized spacial score (nSPS) is 14.1. The van der Waals surface area contributed by atoms with E-state index in [4.69, 9.17) is 10.5 Å². The number of fused-ring (bicyclic) bond motifs is 1. The number of carbonyl (C=O) groups is 1. The van der Waals surface area contributed by atoms with Gasteiger partial charge in [0.25, 0.3) is 5.91 Å². The lowest BCUT2D eigenvalue weighted by Gasteiger charge is -2.20. The molecular weight excluding hydrogens is 400 g/mol. The highest BCUT2D eigenvalue weighted by Gasteiger charge is 2.21. The Morgan fingerprint density at radius 3 is 2.47 bits per heavy atom. The summed E-state index contributed by atoms with van der Waals surface area (Å²) in [5, 5.41) is 23.4. The fourth-order valence-electron chi connectivity index (χ4n) is 4.37. The minimum absolute atomic E-state index is 0.0727. The zero-order valence-electron chi connectivity index (χ0n) is 18.9.